The number of hydrogen-bond acceptors (Lipinski definition) is 3. The van der Waals surface area contributed by atoms with E-state index in [1.165, 1.54) is 0 Å². The summed E-state index contributed by atoms with van der Waals surface area (Å²) in [6.07, 6.45) is 0. The van der Waals surface area contributed by atoms with Gasteiger partial charge in [0.25, 0.3) is 0 Å². The summed E-state index contributed by atoms with van der Waals surface area (Å²) in [5.74, 6) is -1.22. The van der Waals surface area contributed by atoms with Crippen LogP contribution >= 0.6 is 11.6 Å². The van der Waals surface area contributed by atoms with Crippen LogP contribution in [0.25, 0.3) is 0 Å². The van der Waals surface area contributed by atoms with Crippen LogP contribution in [0.2, 0.25) is 5.02 Å². The van der Waals surface area contributed by atoms with Crippen LogP contribution in [0.5, 0.6) is 0 Å². The minimum atomic E-state index is -1.22. The van der Waals surface area contributed by atoms with Crippen molar-refractivity contribution in [3.05, 3.63) is 35.4 Å². The van der Waals surface area contributed by atoms with E-state index in [9.17, 15) is 0 Å². The largest absolute Gasteiger partial charge is 1.00 e. The summed E-state index contributed by atoms with van der Waals surface area (Å²) in [7, 11) is 0. The maximum Gasteiger partial charge on any atom is 1.00 e. The van der Waals surface area contributed by atoms with Crippen molar-refractivity contribution >= 4 is 17.6 Å². The SMILES string of the molecule is Clc1ccccc1.NCC(=O)[O-].[K+]. The number of nitrogens with two attached hydrogens (primary N) is 1. The molecular weight excluding hydrogens is 217 g/mol. The minimum Gasteiger partial charge on any atom is -0.549 e. The van der Waals surface area contributed by atoms with Crippen molar-refractivity contribution in [1.29, 1.82) is 0 Å². The fraction of sp³-hybridized carbons (Fsp3) is 0.125. The van der Waals surface area contributed by atoms with Gasteiger partial charge in [0.2, 0.25) is 0 Å². The second kappa shape index (κ2) is 10.7. The Bertz CT molecular complexity index is 231. The van der Waals surface area contributed by atoms with Crippen molar-refractivity contribution in [2.24, 2.45) is 5.73 Å². The van der Waals surface area contributed by atoms with Crippen molar-refractivity contribution in [2.45, 2.75) is 0 Å². The molecule has 0 aromatic heterocycles. The van der Waals surface area contributed by atoms with Crippen LogP contribution in [0.4, 0.5) is 0 Å². The molecule has 0 unspecified atom stereocenters. The third-order valence-electron chi connectivity index (χ3n) is 0.900. The molecule has 0 aliphatic rings. The van der Waals surface area contributed by atoms with E-state index in [-0.39, 0.29) is 57.9 Å². The second-order valence-corrected chi connectivity index (χ2v) is 2.31. The van der Waals surface area contributed by atoms with Gasteiger partial charge < -0.3 is 15.6 Å². The van der Waals surface area contributed by atoms with Gasteiger partial charge in [-0.05, 0) is 12.1 Å². The quantitative estimate of drug-likeness (QED) is 0.520. The van der Waals surface area contributed by atoms with Gasteiger partial charge in [-0.1, -0.05) is 29.8 Å². The van der Waals surface area contributed by atoms with E-state index in [1.807, 2.05) is 30.3 Å². The molecule has 1 rings (SSSR count). The molecule has 0 saturated carbocycles. The van der Waals surface area contributed by atoms with Crippen LogP contribution in [0.3, 0.4) is 0 Å². The number of carbonyl (C=O) groups excluding carboxylic acids is 1. The molecule has 0 heterocycles. The van der Waals surface area contributed by atoms with Crippen LogP contribution < -0.4 is 62.2 Å². The van der Waals surface area contributed by atoms with Gasteiger partial charge in [-0.25, -0.2) is 0 Å². The number of rotatable bonds is 1. The fourth-order valence-electron chi connectivity index (χ4n) is 0.415. The Morgan fingerprint density at radius 2 is 1.77 bits per heavy atom. The molecule has 2 N–H and O–H groups in total. The van der Waals surface area contributed by atoms with Crippen molar-refractivity contribution in [2.75, 3.05) is 6.54 Å². The van der Waals surface area contributed by atoms with E-state index >= 15 is 0 Å². The average molecular weight is 226 g/mol. The average Bonchev–Trinajstić information content (AvgIpc) is 2.07. The predicted molar refractivity (Wildman–Crippen MR) is 45.5 cm³/mol. The second-order valence-electron chi connectivity index (χ2n) is 1.87. The number of carbonyl (C=O) groups is 1. The van der Waals surface area contributed by atoms with E-state index in [0.29, 0.717) is 0 Å². The van der Waals surface area contributed by atoms with Crippen molar-refractivity contribution < 1.29 is 61.3 Å². The van der Waals surface area contributed by atoms with Gasteiger partial charge in [0.15, 0.2) is 0 Å². The molecule has 0 fully saturated rings. The molecular formula is C8H9ClKNO2. The van der Waals surface area contributed by atoms with Crippen LogP contribution in [0.15, 0.2) is 30.3 Å². The van der Waals surface area contributed by atoms with Gasteiger partial charge in [-0.3, -0.25) is 0 Å². The molecule has 1 aromatic rings. The number of carboxylic acid groups (broad SMARTS) is 1. The zero-order chi connectivity index (χ0) is 9.40. The monoisotopic (exact) mass is 225 g/mol. The molecule has 0 amide bonds. The van der Waals surface area contributed by atoms with Gasteiger partial charge in [0.05, 0.1) is 5.97 Å². The molecule has 0 bridgehead atoms. The van der Waals surface area contributed by atoms with Crippen molar-refractivity contribution in [3.8, 4) is 0 Å². The first-order chi connectivity index (χ1) is 5.66. The minimum absolute atomic E-state index is 0. The number of hydrogen-bond donors (Lipinski definition) is 1. The summed E-state index contributed by atoms with van der Waals surface area (Å²) < 4.78 is 0. The van der Waals surface area contributed by atoms with Gasteiger partial charge in [0.1, 0.15) is 0 Å². The van der Waals surface area contributed by atoms with Gasteiger partial charge in [-0.15, -0.1) is 0 Å². The van der Waals surface area contributed by atoms with Crippen molar-refractivity contribution in [3.63, 3.8) is 0 Å². The first-order valence-electron chi connectivity index (χ1n) is 3.27. The third-order valence-corrected chi connectivity index (χ3v) is 1.15. The van der Waals surface area contributed by atoms with E-state index in [1.54, 1.807) is 0 Å². The standard InChI is InChI=1S/C6H5Cl.C2H5NO2.K/c7-6-4-2-1-3-5-6;3-1-2(4)5;/h1-5H;1,3H2,(H,4,5);/q;;+1/p-1. The number of aliphatic carboxylic acids is 1. The summed E-state index contributed by atoms with van der Waals surface area (Å²) in [5.41, 5.74) is 4.51. The van der Waals surface area contributed by atoms with Crippen LogP contribution in [-0.2, 0) is 4.79 Å². The van der Waals surface area contributed by atoms with E-state index < -0.39 is 5.97 Å². The van der Waals surface area contributed by atoms with Crippen LogP contribution in [-0.4, -0.2) is 12.5 Å². The Morgan fingerprint density at radius 1 is 1.38 bits per heavy atom. The third kappa shape index (κ3) is 12.6. The predicted octanol–water partition coefficient (Wildman–Crippen LogP) is -2.96. The number of benzene rings is 1. The fourth-order valence-corrected chi connectivity index (χ4v) is 0.560. The molecule has 0 aliphatic carbocycles. The molecule has 0 saturated heterocycles. The van der Waals surface area contributed by atoms with E-state index in [2.05, 4.69) is 5.73 Å². The Balaban J connectivity index is 0. The summed E-state index contributed by atoms with van der Waals surface area (Å²) in [5, 5.41) is 9.93. The Labute approximate surface area is 125 Å². The Morgan fingerprint density at radius 3 is 1.92 bits per heavy atom. The molecule has 0 radical (unpaired) electrons. The Kier molecular flexibility index (Phi) is 13.1. The summed E-state index contributed by atoms with van der Waals surface area (Å²) in [6, 6.07) is 9.44. The Hall–Kier alpha value is 0.576. The summed E-state index contributed by atoms with van der Waals surface area (Å²) in [6.45, 7) is -0.389. The molecule has 1 aromatic carbocycles. The molecule has 66 valence electrons. The summed E-state index contributed by atoms with van der Waals surface area (Å²) in [4.78, 5) is 9.13. The van der Waals surface area contributed by atoms with Crippen LogP contribution in [0, 0.1) is 0 Å². The summed E-state index contributed by atoms with van der Waals surface area (Å²) >= 11 is 5.54. The topological polar surface area (TPSA) is 66.2 Å². The molecule has 3 nitrogen and oxygen atoms in total. The van der Waals surface area contributed by atoms with Gasteiger partial charge in [0, 0.05) is 11.6 Å². The molecule has 0 spiro atoms. The first kappa shape index (κ1) is 16.0. The van der Waals surface area contributed by atoms with Crippen LogP contribution in [0.1, 0.15) is 0 Å². The molecule has 13 heavy (non-hydrogen) atoms. The van der Waals surface area contributed by atoms with Gasteiger partial charge >= 0.3 is 51.4 Å². The zero-order valence-electron chi connectivity index (χ0n) is 7.37. The zero-order valence-corrected chi connectivity index (χ0v) is 11.2. The van der Waals surface area contributed by atoms with E-state index in [4.69, 9.17) is 21.5 Å². The molecule has 0 atom stereocenters. The van der Waals surface area contributed by atoms with Crippen molar-refractivity contribution in [1.82, 2.24) is 0 Å². The molecule has 5 heteroatoms. The van der Waals surface area contributed by atoms with Gasteiger partial charge in [-0.2, -0.15) is 0 Å². The number of carboxylic acids is 1. The first-order valence-corrected chi connectivity index (χ1v) is 3.65. The van der Waals surface area contributed by atoms with E-state index in [0.717, 1.165) is 5.02 Å². The maximum absolute atomic E-state index is 9.13. The number of halogens is 1. The molecule has 0 aliphatic heterocycles. The maximum atomic E-state index is 9.13. The smallest absolute Gasteiger partial charge is 0.549 e. The normalized spacial score (nSPS) is 7.54.